The van der Waals surface area contributed by atoms with Crippen molar-refractivity contribution in [1.29, 1.82) is 0 Å². The Bertz CT molecular complexity index is 601. The maximum Gasteiger partial charge on any atom is 0.255 e. The van der Waals surface area contributed by atoms with Gasteiger partial charge in [0.2, 0.25) is 10.0 Å². The van der Waals surface area contributed by atoms with Crippen LogP contribution in [0.15, 0.2) is 23.1 Å². The highest BCUT2D eigenvalue weighted by Gasteiger charge is 2.18. The van der Waals surface area contributed by atoms with Crippen molar-refractivity contribution in [1.82, 2.24) is 5.32 Å². The molecule has 8 heteroatoms. The number of nitrogens with two attached hydrogens (primary N) is 1. The number of sulfonamides is 1. The summed E-state index contributed by atoms with van der Waals surface area (Å²) in [7, 11) is -2.49. The molecule has 3 N–H and O–H groups in total. The monoisotopic (exact) mass is 316 g/mol. The number of nitrogens with one attached hydrogen (secondary N) is 1. The van der Waals surface area contributed by atoms with E-state index in [1.54, 1.807) is 6.92 Å². The van der Waals surface area contributed by atoms with Gasteiger partial charge in [0.15, 0.2) is 0 Å². The van der Waals surface area contributed by atoms with E-state index in [4.69, 9.17) is 14.6 Å². The first-order chi connectivity index (χ1) is 9.79. The predicted octanol–water partition coefficient (Wildman–Crippen LogP) is 0.497. The molecular weight excluding hydrogens is 296 g/mol. The summed E-state index contributed by atoms with van der Waals surface area (Å²) in [6.45, 7) is 4.54. The van der Waals surface area contributed by atoms with Crippen molar-refractivity contribution in [3.05, 3.63) is 23.8 Å². The Labute approximate surface area is 124 Å². The minimum atomic E-state index is -3.89. The molecule has 0 aromatic heterocycles. The lowest BCUT2D eigenvalue weighted by atomic mass is 10.1. The molecule has 0 bridgehead atoms. The van der Waals surface area contributed by atoms with E-state index in [-0.39, 0.29) is 22.3 Å². The highest BCUT2D eigenvalue weighted by Crippen LogP contribution is 2.22. The lowest BCUT2D eigenvalue weighted by Gasteiger charge is -2.15. The van der Waals surface area contributed by atoms with E-state index in [2.05, 4.69) is 5.32 Å². The molecule has 0 spiro atoms. The highest BCUT2D eigenvalue weighted by atomic mass is 32.2. The minimum absolute atomic E-state index is 0.104. The summed E-state index contributed by atoms with van der Waals surface area (Å²) >= 11 is 0. The molecule has 0 saturated heterocycles. The topological polar surface area (TPSA) is 108 Å². The molecule has 0 aliphatic rings. The third kappa shape index (κ3) is 5.00. The third-order valence-electron chi connectivity index (χ3n) is 2.69. The van der Waals surface area contributed by atoms with Gasteiger partial charge in [0.1, 0.15) is 5.75 Å². The van der Waals surface area contributed by atoms with Crippen LogP contribution >= 0.6 is 0 Å². The lowest BCUT2D eigenvalue weighted by molar-refractivity contribution is 0.0869. The van der Waals surface area contributed by atoms with Gasteiger partial charge in [-0.1, -0.05) is 0 Å². The molecule has 1 unspecified atom stereocenters. The summed E-state index contributed by atoms with van der Waals surface area (Å²) in [4.78, 5) is 12.0. The van der Waals surface area contributed by atoms with Gasteiger partial charge in [0.25, 0.3) is 5.91 Å². The van der Waals surface area contributed by atoms with Crippen LogP contribution in [-0.4, -0.2) is 40.7 Å². The molecule has 0 aliphatic heterocycles. The van der Waals surface area contributed by atoms with Crippen LogP contribution in [0, 0.1) is 0 Å². The van der Waals surface area contributed by atoms with E-state index in [1.807, 2.05) is 6.92 Å². The van der Waals surface area contributed by atoms with Crippen LogP contribution in [0.4, 0.5) is 0 Å². The van der Waals surface area contributed by atoms with Crippen molar-refractivity contribution in [2.75, 3.05) is 20.3 Å². The van der Waals surface area contributed by atoms with Gasteiger partial charge in [-0.3, -0.25) is 4.79 Å². The number of amides is 1. The van der Waals surface area contributed by atoms with Gasteiger partial charge in [0, 0.05) is 12.6 Å². The zero-order valence-electron chi connectivity index (χ0n) is 12.3. The van der Waals surface area contributed by atoms with Crippen LogP contribution in [-0.2, 0) is 14.8 Å². The molecule has 0 aliphatic carbocycles. The average Bonchev–Trinajstić information content (AvgIpc) is 2.43. The fraction of sp³-hybridized carbons (Fsp3) is 0.462. The van der Waals surface area contributed by atoms with Crippen molar-refractivity contribution in [2.24, 2.45) is 5.14 Å². The van der Waals surface area contributed by atoms with E-state index < -0.39 is 15.9 Å². The molecule has 0 fully saturated rings. The number of carbonyl (C=O) groups is 1. The molecule has 1 rings (SSSR count). The number of ether oxygens (including phenoxy) is 2. The molecule has 7 nitrogen and oxygen atoms in total. The van der Waals surface area contributed by atoms with Crippen molar-refractivity contribution in [3.8, 4) is 5.75 Å². The molecule has 0 saturated carbocycles. The van der Waals surface area contributed by atoms with Gasteiger partial charge in [0.05, 0.1) is 24.2 Å². The highest BCUT2D eigenvalue weighted by molar-refractivity contribution is 7.89. The van der Waals surface area contributed by atoms with Crippen LogP contribution < -0.4 is 15.2 Å². The number of primary sulfonamides is 1. The largest absolute Gasteiger partial charge is 0.496 e. The van der Waals surface area contributed by atoms with Crippen LogP contribution in [0.5, 0.6) is 5.75 Å². The van der Waals surface area contributed by atoms with Gasteiger partial charge in [-0.25, -0.2) is 13.6 Å². The number of hydrogen-bond acceptors (Lipinski definition) is 5. The fourth-order valence-corrected chi connectivity index (χ4v) is 2.22. The number of rotatable bonds is 7. The van der Waals surface area contributed by atoms with Crippen LogP contribution in [0.3, 0.4) is 0 Å². The Balaban J connectivity index is 3.01. The molecule has 1 aromatic carbocycles. The summed E-state index contributed by atoms with van der Waals surface area (Å²) in [5, 5.41) is 7.77. The number of carbonyl (C=O) groups excluding carboxylic acids is 1. The first-order valence-electron chi connectivity index (χ1n) is 6.39. The van der Waals surface area contributed by atoms with Gasteiger partial charge in [-0.15, -0.1) is 0 Å². The Morgan fingerprint density at radius 1 is 1.43 bits per heavy atom. The second-order valence-corrected chi connectivity index (χ2v) is 6.00. The van der Waals surface area contributed by atoms with Crippen LogP contribution in [0.2, 0.25) is 0 Å². The first-order valence-corrected chi connectivity index (χ1v) is 7.93. The lowest BCUT2D eigenvalue weighted by Crippen LogP contribution is -2.36. The Kier molecular flexibility index (Phi) is 6.13. The molecule has 1 amide bonds. The zero-order valence-corrected chi connectivity index (χ0v) is 13.1. The average molecular weight is 316 g/mol. The normalized spacial score (nSPS) is 12.8. The summed E-state index contributed by atoms with van der Waals surface area (Å²) in [5.41, 5.74) is 0.104. The molecule has 0 heterocycles. The third-order valence-corrected chi connectivity index (χ3v) is 3.60. The van der Waals surface area contributed by atoms with Crippen molar-refractivity contribution < 1.29 is 22.7 Å². The van der Waals surface area contributed by atoms with Gasteiger partial charge < -0.3 is 14.8 Å². The summed E-state index contributed by atoms with van der Waals surface area (Å²) in [6, 6.07) is 3.65. The minimum Gasteiger partial charge on any atom is -0.496 e. The van der Waals surface area contributed by atoms with E-state index in [1.165, 1.54) is 25.3 Å². The van der Waals surface area contributed by atoms with Gasteiger partial charge in [-0.2, -0.15) is 0 Å². The fourth-order valence-electron chi connectivity index (χ4n) is 1.68. The van der Waals surface area contributed by atoms with E-state index in [0.29, 0.717) is 13.2 Å². The quantitative estimate of drug-likeness (QED) is 0.761. The SMILES string of the molecule is CCOCC(C)NC(=O)c1cc(S(N)(=O)=O)ccc1OC. The standard InChI is InChI=1S/C13H20N2O5S/c1-4-20-8-9(2)15-13(16)11-7-10(21(14,17)18)5-6-12(11)19-3/h5-7,9H,4,8H2,1-3H3,(H,15,16)(H2,14,17,18). The van der Waals surface area contributed by atoms with Crippen molar-refractivity contribution >= 4 is 15.9 Å². The number of benzene rings is 1. The Morgan fingerprint density at radius 2 is 2.10 bits per heavy atom. The first kappa shape index (κ1) is 17.4. The number of methoxy groups -OCH3 is 1. The second kappa shape index (κ2) is 7.39. The molecular formula is C13H20N2O5S. The van der Waals surface area contributed by atoms with Crippen LogP contribution in [0.1, 0.15) is 24.2 Å². The van der Waals surface area contributed by atoms with E-state index >= 15 is 0 Å². The summed E-state index contributed by atoms with van der Waals surface area (Å²) in [6.07, 6.45) is 0. The van der Waals surface area contributed by atoms with Crippen molar-refractivity contribution in [2.45, 2.75) is 24.8 Å². The Hall–Kier alpha value is -1.64. The maximum absolute atomic E-state index is 12.2. The summed E-state index contributed by atoms with van der Waals surface area (Å²) < 4.78 is 33.0. The summed E-state index contributed by atoms with van der Waals surface area (Å²) in [5.74, 6) is -0.187. The molecule has 1 atom stereocenters. The maximum atomic E-state index is 12.2. The Morgan fingerprint density at radius 3 is 2.62 bits per heavy atom. The van der Waals surface area contributed by atoms with Gasteiger partial charge in [-0.05, 0) is 32.0 Å². The molecule has 0 radical (unpaired) electrons. The predicted molar refractivity (Wildman–Crippen MR) is 77.8 cm³/mol. The van der Waals surface area contributed by atoms with Crippen LogP contribution in [0.25, 0.3) is 0 Å². The molecule has 118 valence electrons. The molecule has 1 aromatic rings. The van der Waals surface area contributed by atoms with E-state index in [0.717, 1.165) is 0 Å². The van der Waals surface area contributed by atoms with Crippen molar-refractivity contribution in [3.63, 3.8) is 0 Å². The van der Waals surface area contributed by atoms with Gasteiger partial charge >= 0.3 is 0 Å². The second-order valence-electron chi connectivity index (χ2n) is 4.44. The number of hydrogen-bond donors (Lipinski definition) is 2. The van der Waals surface area contributed by atoms with E-state index in [9.17, 15) is 13.2 Å². The zero-order chi connectivity index (χ0) is 16.0. The smallest absolute Gasteiger partial charge is 0.255 e. The molecule has 21 heavy (non-hydrogen) atoms.